The smallest absolute Gasteiger partial charge is 0.0383 e. The fraction of sp³-hybridized carbons (Fsp3) is 0.500. The third-order valence-electron chi connectivity index (χ3n) is 0. The van der Waals surface area contributed by atoms with E-state index in [1.54, 1.807) is 0 Å². The predicted molar refractivity (Wildman–Crippen MR) is 10.7 cm³/mol. The second kappa shape index (κ2) is 3.99. The third-order valence-corrected chi connectivity index (χ3v) is 0. The van der Waals surface area contributed by atoms with Crippen molar-refractivity contribution in [3.8, 4) is 0 Å². The maximum absolute atomic E-state index is 8.89. The number of hydrogen-bond acceptors (Lipinski definition) is 2. The summed E-state index contributed by atoms with van der Waals surface area (Å²) in [5, 5.41) is 8.89. The van der Waals surface area contributed by atoms with Gasteiger partial charge in [-0.15, -0.1) is 0 Å². The van der Waals surface area contributed by atoms with Gasteiger partial charge in [0.1, 0.15) is 0 Å². The van der Waals surface area contributed by atoms with Gasteiger partial charge in [-0.3, -0.25) is 0 Å². The van der Waals surface area contributed by atoms with Crippen LogP contribution in [0.3, 0.4) is 0 Å². The van der Waals surface area contributed by atoms with Crippen molar-refractivity contribution < 1.29 is 27.0 Å². The summed E-state index contributed by atoms with van der Waals surface area (Å²) in [6.07, 6.45) is 0. The first-order valence-corrected chi connectivity index (χ1v) is 0.908. The Labute approximate surface area is 40.7 Å². The monoisotopic (exact) mass is 122 g/mol. The minimum atomic E-state index is -1.08. The predicted octanol–water partition coefficient (Wildman–Crippen LogP) is -1.25. The van der Waals surface area contributed by atoms with Gasteiger partial charge in [0, 0.05) is 23.0 Å². The van der Waals surface area contributed by atoms with Crippen LogP contribution in [0.1, 0.15) is 6.92 Å². The van der Waals surface area contributed by atoms with Crippen LogP contribution in [0, 0.1) is 0 Å². The summed E-state index contributed by atoms with van der Waals surface area (Å²) < 4.78 is 0. The molecule has 0 unspecified atom stereocenters. The number of carboxylic acids is 1. The first-order chi connectivity index (χ1) is 1.73. The summed E-state index contributed by atoms with van der Waals surface area (Å²) in [7, 11) is 0. The summed E-state index contributed by atoms with van der Waals surface area (Å²) >= 11 is 0. The Morgan fingerprint density at radius 2 is 1.80 bits per heavy atom. The number of carbonyl (C=O) groups is 1. The van der Waals surface area contributed by atoms with Crippen LogP contribution >= 0.6 is 0 Å². The molecule has 0 aromatic rings. The van der Waals surface area contributed by atoms with Crippen LogP contribution in [0.25, 0.3) is 0 Å². The summed E-state index contributed by atoms with van der Waals surface area (Å²) in [6, 6.07) is 0. The minimum Gasteiger partial charge on any atom is -0.550 e. The molecule has 35 valence electrons. The molecule has 0 aliphatic carbocycles. The summed E-state index contributed by atoms with van der Waals surface area (Å²) in [4.78, 5) is 8.89. The zero-order valence-corrected chi connectivity index (χ0v) is 3.56. The SMILES string of the molecule is CC(=O)[O-].[Cu]. The second-order valence-corrected chi connectivity index (χ2v) is 0.492. The van der Waals surface area contributed by atoms with Crippen molar-refractivity contribution >= 4 is 5.97 Å². The van der Waals surface area contributed by atoms with E-state index < -0.39 is 5.97 Å². The maximum atomic E-state index is 8.89. The van der Waals surface area contributed by atoms with E-state index in [0.717, 1.165) is 6.92 Å². The number of aliphatic carboxylic acids is 1. The van der Waals surface area contributed by atoms with E-state index in [0.29, 0.717) is 0 Å². The van der Waals surface area contributed by atoms with Crippen molar-refractivity contribution in [1.29, 1.82) is 0 Å². The molecule has 0 aromatic carbocycles. The molecule has 0 atom stereocenters. The van der Waals surface area contributed by atoms with Gasteiger partial charge < -0.3 is 9.90 Å². The molecule has 0 bridgehead atoms. The van der Waals surface area contributed by atoms with Gasteiger partial charge in [-0.05, 0) is 6.92 Å². The van der Waals surface area contributed by atoms with Gasteiger partial charge in [-0.25, -0.2) is 0 Å². The molecule has 0 heterocycles. The van der Waals surface area contributed by atoms with Gasteiger partial charge in [-0.1, -0.05) is 0 Å². The Morgan fingerprint density at radius 3 is 1.80 bits per heavy atom. The van der Waals surface area contributed by atoms with E-state index in [4.69, 9.17) is 9.90 Å². The van der Waals surface area contributed by atoms with E-state index in [1.165, 1.54) is 0 Å². The Kier molecular flexibility index (Phi) is 7.09. The quantitative estimate of drug-likeness (QED) is 0.377. The van der Waals surface area contributed by atoms with Gasteiger partial charge in [0.25, 0.3) is 0 Å². The molecule has 0 aromatic heterocycles. The Hall–Kier alpha value is -0.0105. The number of carbonyl (C=O) groups excluding carboxylic acids is 1. The number of hydrogen-bond donors (Lipinski definition) is 0. The van der Waals surface area contributed by atoms with Crippen molar-refractivity contribution in [2.45, 2.75) is 6.92 Å². The van der Waals surface area contributed by atoms with Crippen molar-refractivity contribution in [2.75, 3.05) is 0 Å². The fourth-order valence-electron chi connectivity index (χ4n) is 0. The standard InChI is InChI=1S/C2H4O2.Cu/c1-2(3)4;/h1H3,(H,3,4);/p-1. The van der Waals surface area contributed by atoms with Crippen LogP contribution in [0.4, 0.5) is 0 Å². The van der Waals surface area contributed by atoms with Crippen LogP contribution in [-0.2, 0) is 21.9 Å². The Bertz CT molecular complexity index is 30.6. The van der Waals surface area contributed by atoms with E-state index >= 15 is 0 Å². The molecule has 0 aliphatic rings. The zero-order valence-electron chi connectivity index (χ0n) is 2.62. The van der Waals surface area contributed by atoms with Crippen LogP contribution in [-0.4, -0.2) is 5.97 Å². The van der Waals surface area contributed by atoms with Crippen LogP contribution < -0.4 is 5.11 Å². The average molecular weight is 123 g/mol. The van der Waals surface area contributed by atoms with Gasteiger partial charge in [0.2, 0.25) is 0 Å². The Balaban J connectivity index is 0. The van der Waals surface area contributed by atoms with Crippen LogP contribution in [0.2, 0.25) is 0 Å². The summed E-state index contributed by atoms with van der Waals surface area (Å²) in [6.45, 7) is 0.972. The first-order valence-electron chi connectivity index (χ1n) is 0.908. The van der Waals surface area contributed by atoms with Gasteiger partial charge in [0.05, 0.1) is 0 Å². The molecular weight excluding hydrogens is 120 g/mol. The molecular formula is C2H3CuO2-. The van der Waals surface area contributed by atoms with E-state index in [-0.39, 0.29) is 17.1 Å². The van der Waals surface area contributed by atoms with Crippen molar-refractivity contribution in [3.63, 3.8) is 0 Å². The van der Waals surface area contributed by atoms with Crippen LogP contribution in [0.5, 0.6) is 0 Å². The van der Waals surface area contributed by atoms with Gasteiger partial charge >= 0.3 is 0 Å². The average Bonchev–Trinajstić information content (AvgIpc) is 0.811. The largest absolute Gasteiger partial charge is 0.550 e. The molecule has 1 radical (unpaired) electrons. The maximum Gasteiger partial charge on any atom is 0.0383 e. The molecule has 0 amide bonds. The summed E-state index contributed by atoms with van der Waals surface area (Å²) in [5.74, 6) is -1.08. The molecule has 0 N–H and O–H groups in total. The van der Waals surface area contributed by atoms with Crippen molar-refractivity contribution in [2.24, 2.45) is 0 Å². The third kappa shape index (κ3) is 143000. The number of carboxylic acid groups (broad SMARTS) is 1. The molecule has 0 saturated carbocycles. The van der Waals surface area contributed by atoms with E-state index in [2.05, 4.69) is 0 Å². The number of rotatable bonds is 0. The molecule has 0 spiro atoms. The van der Waals surface area contributed by atoms with Crippen molar-refractivity contribution in [1.82, 2.24) is 0 Å². The molecule has 5 heavy (non-hydrogen) atoms. The molecule has 0 fully saturated rings. The van der Waals surface area contributed by atoms with E-state index in [9.17, 15) is 0 Å². The normalized spacial score (nSPS) is 5.00. The molecule has 0 aliphatic heterocycles. The Morgan fingerprint density at radius 1 is 1.80 bits per heavy atom. The van der Waals surface area contributed by atoms with Gasteiger partial charge in [0.15, 0.2) is 0 Å². The summed E-state index contributed by atoms with van der Waals surface area (Å²) in [5.41, 5.74) is 0. The molecule has 2 nitrogen and oxygen atoms in total. The van der Waals surface area contributed by atoms with E-state index in [1.807, 2.05) is 0 Å². The zero-order chi connectivity index (χ0) is 3.58. The molecule has 0 saturated heterocycles. The first kappa shape index (κ1) is 8.89. The van der Waals surface area contributed by atoms with Crippen molar-refractivity contribution in [3.05, 3.63) is 0 Å². The fourth-order valence-corrected chi connectivity index (χ4v) is 0. The topological polar surface area (TPSA) is 40.1 Å². The molecule has 3 heteroatoms. The minimum absolute atomic E-state index is 0. The second-order valence-electron chi connectivity index (χ2n) is 0.492. The molecule has 0 rings (SSSR count). The van der Waals surface area contributed by atoms with Crippen LogP contribution in [0.15, 0.2) is 0 Å². The van der Waals surface area contributed by atoms with Gasteiger partial charge in [-0.2, -0.15) is 0 Å².